The summed E-state index contributed by atoms with van der Waals surface area (Å²) in [7, 11) is -1.41. The zero-order chi connectivity index (χ0) is 16.5. The molecule has 0 radical (unpaired) electrons. The fraction of sp³-hybridized carbons (Fsp3) is 0.688. The SMILES string of the molecule is CCC1(CNc2ccc(S(=O)(=O)N3CCN(C)CC3)cn2)CC1. The van der Waals surface area contributed by atoms with Crippen molar-refractivity contribution in [2.75, 3.05) is 45.1 Å². The van der Waals surface area contributed by atoms with Crippen LogP contribution in [0.4, 0.5) is 5.82 Å². The molecular formula is C16H26N4O2S. The van der Waals surface area contributed by atoms with Crippen LogP contribution in [0.5, 0.6) is 0 Å². The molecule has 1 aliphatic carbocycles. The molecule has 1 saturated carbocycles. The van der Waals surface area contributed by atoms with Crippen LogP contribution in [0.1, 0.15) is 26.2 Å². The topological polar surface area (TPSA) is 65.5 Å². The van der Waals surface area contributed by atoms with Crippen LogP contribution in [0, 0.1) is 5.41 Å². The van der Waals surface area contributed by atoms with Crippen molar-refractivity contribution < 1.29 is 8.42 Å². The number of anilines is 1. The molecule has 3 rings (SSSR count). The normalized spacial score (nSPS) is 22.0. The number of piperazine rings is 1. The van der Waals surface area contributed by atoms with Crippen molar-refractivity contribution in [2.24, 2.45) is 5.41 Å². The first-order valence-electron chi connectivity index (χ1n) is 8.34. The van der Waals surface area contributed by atoms with Crippen molar-refractivity contribution >= 4 is 15.8 Å². The maximum absolute atomic E-state index is 12.6. The third-order valence-corrected chi connectivity index (χ3v) is 7.07. The minimum absolute atomic E-state index is 0.282. The second kappa shape index (κ2) is 6.37. The lowest BCUT2D eigenvalue weighted by Gasteiger charge is -2.31. The average molecular weight is 338 g/mol. The van der Waals surface area contributed by atoms with Crippen molar-refractivity contribution in [3.8, 4) is 0 Å². The first-order chi connectivity index (χ1) is 11.0. The molecule has 0 unspecified atom stereocenters. The summed E-state index contributed by atoms with van der Waals surface area (Å²) < 4.78 is 26.8. The molecule has 2 fully saturated rings. The Labute approximate surface area is 138 Å². The molecule has 1 saturated heterocycles. The van der Waals surface area contributed by atoms with E-state index in [9.17, 15) is 8.42 Å². The van der Waals surface area contributed by atoms with E-state index in [2.05, 4.69) is 22.1 Å². The second-order valence-corrected chi connectivity index (χ2v) is 8.73. The van der Waals surface area contributed by atoms with E-state index in [0.717, 1.165) is 25.5 Å². The third kappa shape index (κ3) is 3.67. The minimum Gasteiger partial charge on any atom is -0.370 e. The summed E-state index contributed by atoms with van der Waals surface area (Å²) >= 11 is 0. The summed E-state index contributed by atoms with van der Waals surface area (Å²) in [5.74, 6) is 0.752. The number of sulfonamides is 1. The van der Waals surface area contributed by atoms with Gasteiger partial charge in [0.15, 0.2) is 0 Å². The molecule has 128 valence electrons. The van der Waals surface area contributed by atoms with Crippen LogP contribution in [0.3, 0.4) is 0 Å². The van der Waals surface area contributed by atoms with E-state index in [1.165, 1.54) is 25.5 Å². The Morgan fingerprint density at radius 1 is 1.22 bits per heavy atom. The standard InChI is InChI=1S/C16H26N4O2S/c1-3-16(6-7-16)13-18-15-5-4-14(12-17-15)23(21,22)20-10-8-19(2)9-11-20/h4-5,12H,3,6-11,13H2,1-2H3,(H,17,18). The van der Waals surface area contributed by atoms with Crippen molar-refractivity contribution in [3.63, 3.8) is 0 Å². The van der Waals surface area contributed by atoms with Gasteiger partial charge in [0.05, 0.1) is 0 Å². The van der Waals surface area contributed by atoms with Crippen molar-refractivity contribution in [1.82, 2.24) is 14.2 Å². The number of nitrogens with zero attached hydrogens (tertiary/aromatic N) is 3. The van der Waals surface area contributed by atoms with Gasteiger partial charge in [-0.25, -0.2) is 13.4 Å². The summed E-state index contributed by atoms with van der Waals surface area (Å²) in [6, 6.07) is 3.43. The zero-order valence-corrected chi connectivity index (χ0v) is 14.8. The maximum atomic E-state index is 12.6. The average Bonchev–Trinajstić information content (AvgIpc) is 3.34. The van der Waals surface area contributed by atoms with Crippen LogP contribution in [-0.2, 0) is 10.0 Å². The molecule has 0 spiro atoms. The van der Waals surface area contributed by atoms with E-state index in [0.29, 0.717) is 18.5 Å². The van der Waals surface area contributed by atoms with E-state index in [-0.39, 0.29) is 4.90 Å². The summed E-state index contributed by atoms with van der Waals surface area (Å²) in [5.41, 5.74) is 0.437. The van der Waals surface area contributed by atoms with E-state index < -0.39 is 10.0 Å². The van der Waals surface area contributed by atoms with Crippen molar-refractivity contribution in [2.45, 2.75) is 31.1 Å². The van der Waals surface area contributed by atoms with Crippen LogP contribution in [0.2, 0.25) is 0 Å². The molecule has 7 heteroatoms. The molecule has 23 heavy (non-hydrogen) atoms. The summed E-state index contributed by atoms with van der Waals surface area (Å²) in [6.45, 7) is 5.75. The van der Waals surface area contributed by atoms with Gasteiger partial charge in [-0.3, -0.25) is 0 Å². The fourth-order valence-electron chi connectivity index (χ4n) is 2.93. The summed E-state index contributed by atoms with van der Waals surface area (Å²) in [6.07, 6.45) is 5.19. The predicted molar refractivity (Wildman–Crippen MR) is 90.9 cm³/mol. The number of rotatable bonds is 6. The van der Waals surface area contributed by atoms with E-state index in [1.807, 2.05) is 7.05 Å². The van der Waals surface area contributed by atoms with E-state index in [1.54, 1.807) is 16.4 Å². The van der Waals surface area contributed by atoms with Gasteiger partial charge in [-0.1, -0.05) is 6.92 Å². The lowest BCUT2D eigenvalue weighted by Crippen LogP contribution is -2.47. The van der Waals surface area contributed by atoms with Crippen LogP contribution in [0.15, 0.2) is 23.2 Å². The van der Waals surface area contributed by atoms with Gasteiger partial charge in [-0.05, 0) is 43.9 Å². The molecule has 0 aromatic carbocycles. The Hall–Kier alpha value is -1.18. The first kappa shape index (κ1) is 16.7. The van der Waals surface area contributed by atoms with E-state index in [4.69, 9.17) is 0 Å². The molecule has 2 heterocycles. The van der Waals surface area contributed by atoms with Gasteiger partial charge < -0.3 is 10.2 Å². The summed E-state index contributed by atoms with van der Waals surface area (Å²) in [4.78, 5) is 6.71. The second-order valence-electron chi connectivity index (χ2n) is 6.79. The Morgan fingerprint density at radius 2 is 1.91 bits per heavy atom. The van der Waals surface area contributed by atoms with Crippen molar-refractivity contribution in [3.05, 3.63) is 18.3 Å². The van der Waals surface area contributed by atoms with Gasteiger partial charge in [-0.15, -0.1) is 0 Å². The quantitative estimate of drug-likeness (QED) is 0.854. The molecule has 1 N–H and O–H groups in total. The first-order valence-corrected chi connectivity index (χ1v) is 9.78. The number of likely N-dealkylation sites (N-methyl/N-ethyl adjacent to an activating group) is 1. The van der Waals surface area contributed by atoms with Crippen LogP contribution in [0.25, 0.3) is 0 Å². The Bertz CT molecular complexity index is 633. The number of aromatic nitrogens is 1. The van der Waals surface area contributed by atoms with Crippen LogP contribution in [-0.4, -0.2) is 62.4 Å². The predicted octanol–water partition coefficient (Wildman–Crippen LogP) is 1.62. The van der Waals surface area contributed by atoms with Gasteiger partial charge in [0, 0.05) is 38.9 Å². The van der Waals surface area contributed by atoms with Crippen LogP contribution < -0.4 is 5.32 Å². The molecule has 1 aromatic heterocycles. The Morgan fingerprint density at radius 3 is 2.43 bits per heavy atom. The van der Waals surface area contributed by atoms with Gasteiger partial charge in [-0.2, -0.15) is 4.31 Å². The zero-order valence-electron chi connectivity index (χ0n) is 14.0. The van der Waals surface area contributed by atoms with E-state index >= 15 is 0 Å². The lowest BCUT2D eigenvalue weighted by molar-refractivity contribution is 0.222. The number of hydrogen-bond donors (Lipinski definition) is 1. The van der Waals surface area contributed by atoms with Gasteiger partial charge >= 0.3 is 0 Å². The molecule has 0 atom stereocenters. The Balaban J connectivity index is 1.64. The maximum Gasteiger partial charge on any atom is 0.244 e. The minimum atomic E-state index is -3.42. The highest BCUT2D eigenvalue weighted by Crippen LogP contribution is 2.48. The highest BCUT2D eigenvalue weighted by atomic mass is 32.2. The van der Waals surface area contributed by atoms with Crippen LogP contribution >= 0.6 is 0 Å². The number of nitrogens with one attached hydrogen (secondary N) is 1. The third-order valence-electron chi connectivity index (χ3n) is 5.19. The highest BCUT2D eigenvalue weighted by molar-refractivity contribution is 7.89. The molecule has 1 aliphatic heterocycles. The lowest BCUT2D eigenvalue weighted by atomic mass is 10.0. The summed E-state index contributed by atoms with van der Waals surface area (Å²) in [5, 5.41) is 3.34. The van der Waals surface area contributed by atoms with Gasteiger partial charge in [0.25, 0.3) is 0 Å². The fourth-order valence-corrected chi connectivity index (χ4v) is 4.29. The Kier molecular flexibility index (Phi) is 4.62. The smallest absolute Gasteiger partial charge is 0.244 e. The molecule has 6 nitrogen and oxygen atoms in total. The number of pyridine rings is 1. The molecule has 0 bridgehead atoms. The van der Waals surface area contributed by atoms with Crippen molar-refractivity contribution in [1.29, 1.82) is 0 Å². The largest absolute Gasteiger partial charge is 0.370 e. The molecule has 0 amide bonds. The molecule has 2 aliphatic rings. The monoisotopic (exact) mass is 338 g/mol. The molecular weight excluding hydrogens is 312 g/mol. The van der Waals surface area contributed by atoms with Gasteiger partial charge in [0.1, 0.15) is 10.7 Å². The molecule has 1 aromatic rings. The number of hydrogen-bond acceptors (Lipinski definition) is 5. The van der Waals surface area contributed by atoms with Gasteiger partial charge in [0.2, 0.25) is 10.0 Å². The highest BCUT2D eigenvalue weighted by Gasteiger charge is 2.40.